The molecule has 6 aromatic carbocycles. The van der Waals surface area contributed by atoms with E-state index in [4.69, 9.17) is 0 Å². The fraction of sp³-hybridized carbons (Fsp3) is 0.0714. The minimum absolute atomic E-state index is 0.0778. The quantitative estimate of drug-likeness (QED) is 0.159. The van der Waals surface area contributed by atoms with Crippen molar-refractivity contribution in [3.63, 3.8) is 0 Å². The van der Waals surface area contributed by atoms with Gasteiger partial charge in [0.15, 0.2) is 0 Å². The van der Waals surface area contributed by atoms with Crippen LogP contribution in [0.5, 0.6) is 0 Å². The molecular weight excluding hydrogens is 601 g/mol. The zero-order chi connectivity index (χ0) is 32.0. The highest BCUT2D eigenvalue weighted by Crippen LogP contribution is 2.28. The molecular formula is C42H42S3. The Labute approximate surface area is 278 Å². The first kappa shape index (κ1) is 33.9. The van der Waals surface area contributed by atoms with E-state index in [0.717, 1.165) is 0 Å². The van der Waals surface area contributed by atoms with Crippen LogP contribution in [0, 0.1) is 0 Å². The summed E-state index contributed by atoms with van der Waals surface area (Å²) < 4.78 is 0. The van der Waals surface area contributed by atoms with E-state index in [1.165, 1.54) is 48.1 Å². The molecule has 228 valence electrons. The molecule has 0 aromatic heterocycles. The van der Waals surface area contributed by atoms with Crippen LogP contribution in [-0.2, 0) is 0 Å². The van der Waals surface area contributed by atoms with E-state index in [0.29, 0.717) is 0 Å². The summed E-state index contributed by atoms with van der Waals surface area (Å²) in [6.07, 6.45) is 6.40. The molecule has 0 bridgehead atoms. The summed E-state index contributed by atoms with van der Waals surface area (Å²) >= 11 is 0. The van der Waals surface area contributed by atoms with Crippen molar-refractivity contribution in [2.75, 3.05) is 18.8 Å². The van der Waals surface area contributed by atoms with E-state index in [9.17, 15) is 0 Å². The third-order valence-electron chi connectivity index (χ3n) is 7.09. The predicted octanol–water partition coefficient (Wildman–Crippen LogP) is 12.1. The largest absolute Gasteiger partial charge is 0.165 e. The SMILES string of the molecule is C=S(C)c1ccc(-c2ccc(-c3ccccc3)cc2)cc1.C=S(C)c1ccc(-c2ccccc2)cc1.C=S(C)c1ccccc1. The van der Waals surface area contributed by atoms with Crippen molar-refractivity contribution < 1.29 is 0 Å². The van der Waals surface area contributed by atoms with Crippen LogP contribution >= 0.6 is 31.5 Å². The first-order valence-electron chi connectivity index (χ1n) is 14.6. The summed E-state index contributed by atoms with van der Waals surface area (Å²) in [5.41, 5.74) is 7.55. The molecule has 0 N–H and O–H groups in total. The Morgan fingerprint density at radius 1 is 0.267 bits per heavy atom. The third kappa shape index (κ3) is 10.5. The second kappa shape index (κ2) is 17.5. The lowest BCUT2D eigenvalue weighted by molar-refractivity contribution is 1.46. The van der Waals surface area contributed by atoms with Gasteiger partial charge >= 0.3 is 0 Å². The molecule has 0 amide bonds. The molecule has 6 aromatic rings. The Bertz CT molecular complexity index is 1810. The fourth-order valence-electron chi connectivity index (χ4n) is 4.53. The number of hydrogen-bond donors (Lipinski definition) is 0. The standard InChI is InChI=1S/C20H18S.C14H14S.C8H10S/c1-21(2)20-14-12-19(13-15-20)18-10-8-17(9-11-18)16-6-4-3-5-7-16;1-15(2)14-10-8-13(9-11-14)12-6-4-3-5-7-12;1-9(2)8-6-4-3-5-7-8/h3-15H,1H2,2H3;3-11H,1H2,2H3;3-7H,1H2,2H3. The molecule has 0 radical (unpaired) electrons. The molecule has 0 saturated carbocycles. The van der Waals surface area contributed by atoms with Gasteiger partial charge < -0.3 is 0 Å². The summed E-state index contributed by atoms with van der Waals surface area (Å²) in [7, 11) is 0.355. The van der Waals surface area contributed by atoms with Crippen molar-refractivity contribution in [1.29, 1.82) is 0 Å². The van der Waals surface area contributed by atoms with Crippen LogP contribution in [0.1, 0.15) is 0 Å². The Kier molecular flexibility index (Phi) is 13.1. The second-order valence-corrected chi connectivity index (χ2v) is 15.8. The zero-order valence-corrected chi connectivity index (χ0v) is 28.9. The van der Waals surface area contributed by atoms with Gasteiger partial charge in [0.2, 0.25) is 0 Å². The lowest BCUT2D eigenvalue weighted by atomic mass is 10.0. The molecule has 0 heterocycles. The van der Waals surface area contributed by atoms with Crippen molar-refractivity contribution in [1.82, 2.24) is 0 Å². The van der Waals surface area contributed by atoms with Crippen LogP contribution < -0.4 is 0 Å². The minimum atomic E-state index is 0.0778. The summed E-state index contributed by atoms with van der Waals surface area (Å²) in [5, 5.41) is 0. The molecule has 3 atom stereocenters. The van der Waals surface area contributed by atoms with Crippen molar-refractivity contribution in [3.05, 3.63) is 164 Å². The van der Waals surface area contributed by atoms with Gasteiger partial charge in [-0.25, -0.2) is 0 Å². The molecule has 0 nitrogen and oxygen atoms in total. The molecule has 0 saturated heterocycles. The second-order valence-electron chi connectivity index (χ2n) is 10.6. The van der Waals surface area contributed by atoms with Crippen molar-refractivity contribution >= 4 is 49.1 Å². The first-order chi connectivity index (χ1) is 21.8. The topological polar surface area (TPSA) is 0 Å². The van der Waals surface area contributed by atoms with Gasteiger partial charge in [0.25, 0.3) is 0 Å². The van der Waals surface area contributed by atoms with Gasteiger partial charge in [0.1, 0.15) is 0 Å². The molecule has 0 aliphatic heterocycles. The Hall–Kier alpha value is -4.02. The van der Waals surface area contributed by atoms with Gasteiger partial charge in [-0.3, -0.25) is 0 Å². The van der Waals surface area contributed by atoms with Crippen molar-refractivity contribution in [3.8, 4) is 33.4 Å². The predicted molar refractivity (Wildman–Crippen MR) is 212 cm³/mol. The highest BCUT2D eigenvalue weighted by atomic mass is 32.2. The summed E-state index contributed by atoms with van der Waals surface area (Å²) in [6.45, 7) is 0. The zero-order valence-electron chi connectivity index (χ0n) is 26.4. The van der Waals surface area contributed by atoms with Gasteiger partial charge in [-0.05, 0) is 88.5 Å². The maximum atomic E-state index is 4.08. The summed E-state index contributed by atoms with van der Waals surface area (Å²) in [4.78, 5) is 3.95. The van der Waals surface area contributed by atoms with Crippen molar-refractivity contribution in [2.24, 2.45) is 0 Å². The van der Waals surface area contributed by atoms with Crippen LogP contribution in [-0.4, -0.2) is 36.4 Å². The Morgan fingerprint density at radius 3 is 0.711 bits per heavy atom. The molecule has 0 spiro atoms. The summed E-state index contributed by atoms with van der Waals surface area (Å²) in [5.74, 6) is 12.1. The summed E-state index contributed by atoms with van der Waals surface area (Å²) in [6, 6.07) is 57.4. The lowest BCUT2D eigenvalue weighted by Gasteiger charge is -2.06. The van der Waals surface area contributed by atoms with Crippen LogP contribution in [0.15, 0.2) is 178 Å². The first-order valence-corrected chi connectivity index (χ1v) is 20.1. The van der Waals surface area contributed by atoms with Gasteiger partial charge in [-0.15, -0.1) is 0 Å². The smallest absolute Gasteiger partial charge is 0.000895 e. The molecule has 45 heavy (non-hydrogen) atoms. The number of rotatable bonds is 6. The maximum absolute atomic E-state index is 4.08. The maximum Gasteiger partial charge on any atom is 0.000895 e. The van der Waals surface area contributed by atoms with E-state index in [2.05, 4.69) is 170 Å². The van der Waals surface area contributed by atoms with Crippen LogP contribution in [0.25, 0.3) is 33.4 Å². The van der Waals surface area contributed by atoms with E-state index in [1.54, 1.807) is 0 Å². The number of hydrogen-bond acceptors (Lipinski definition) is 0. The van der Waals surface area contributed by atoms with Gasteiger partial charge in [0, 0.05) is 14.7 Å². The molecule has 0 aliphatic carbocycles. The third-order valence-corrected chi connectivity index (χ3v) is 10.3. The number of benzene rings is 6. The van der Waals surface area contributed by atoms with Gasteiger partial charge in [-0.1, -0.05) is 145 Å². The van der Waals surface area contributed by atoms with E-state index in [1.807, 2.05) is 30.3 Å². The normalized spacial score (nSPS) is 12.3. The fourth-order valence-corrected chi connectivity index (χ4v) is 6.35. The lowest BCUT2D eigenvalue weighted by Crippen LogP contribution is -1.81. The average Bonchev–Trinajstić information content (AvgIpc) is 3.10. The van der Waals surface area contributed by atoms with Crippen LogP contribution in [0.4, 0.5) is 0 Å². The highest BCUT2D eigenvalue weighted by Gasteiger charge is 2.01. The molecule has 0 aliphatic rings. The molecule has 3 heteroatoms. The van der Waals surface area contributed by atoms with E-state index < -0.39 is 0 Å². The molecule has 6 rings (SSSR count). The monoisotopic (exact) mass is 642 g/mol. The minimum Gasteiger partial charge on any atom is -0.165 e. The Morgan fingerprint density at radius 2 is 0.467 bits per heavy atom. The highest BCUT2D eigenvalue weighted by molar-refractivity contribution is 8.14. The van der Waals surface area contributed by atoms with Gasteiger partial charge in [-0.2, -0.15) is 31.5 Å². The van der Waals surface area contributed by atoms with Crippen molar-refractivity contribution in [2.45, 2.75) is 14.7 Å². The van der Waals surface area contributed by atoms with Gasteiger partial charge in [0.05, 0.1) is 0 Å². The molecule has 3 unspecified atom stereocenters. The molecule has 0 fully saturated rings. The Balaban J connectivity index is 0.000000167. The van der Waals surface area contributed by atoms with E-state index in [-0.39, 0.29) is 31.5 Å². The van der Waals surface area contributed by atoms with Crippen LogP contribution in [0.2, 0.25) is 0 Å². The van der Waals surface area contributed by atoms with Crippen LogP contribution in [0.3, 0.4) is 0 Å². The van der Waals surface area contributed by atoms with E-state index >= 15 is 0 Å². The average molecular weight is 643 g/mol.